The standard InChI is InChI=1S/C10H16O.Pb.2H/c1-9(2)5-4-6-10(3)7-8-11;;;/h5,7-8H,4,6H2,1-3H3;;;. The van der Waals surface area contributed by atoms with Gasteiger partial charge in [-0.1, -0.05) is 17.2 Å². The van der Waals surface area contributed by atoms with Gasteiger partial charge in [0.05, 0.1) is 0 Å². The Morgan fingerprint density at radius 3 is 2.25 bits per heavy atom. The Bertz CT molecular complexity index is 176. The third-order valence-electron chi connectivity index (χ3n) is 1.44. The van der Waals surface area contributed by atoms with Gasteiger partial charge in [-0.25, -0.2) is 0 Å². The summed E-state index contributed by atoms with van der Waals surface area (Å²) in [5.41, 5.74) is 2.49. The molecule has 2 heteroatoms. The van der Waals surface area contributed by atoms with E-state index in [0.29, 0.717) is 0 Å². The molecule has 0 heterocycles. The summed E-state index contributed by atoms with van der Waals surface area (Å²) in [7, 11) is 0. The molecule has 12 heavy (non-hydrogen) atoms. The van der Waals surface area contributed by atoms with Gasteiger partial charge < -0.3 is 0 Å². The minimum absolute atomic E-state index is 0. The van der Waals surface area contributed by atoms with E-state index in [9.17, 15) is 4.79 Å². The van der Waals surface area contributed by atoms with E-state index in [1.165, 1.54) is 5.57 Å². The Morgan fingerprint density at radius 2 is 1.83 bits per heavy atom. The first-order chi connectivity index (χ1) is 5.16. The van der Waals surface area contributed by atoms with Crippen LogP contribution in [0.4, 0.5) is 0 Å². The summed E-state index contributed by atoms with van der Waals surface area (Å²) in [6.45, 7) is 6.14. The van der Waals surface area contributed by atoms with Gasteiger partial charge in [0.15, 0.2) is 0 Å². The first-order valence-corrected chi connectivity index (χ1v) is 3.91. The van der Waals surface area contributed by atoms with E-state index in [4.69, 9.17) is 0 Å². The molecule has 0 rings (SSSR count). The zero-order valence-electron chi connectivity index (χ0n) is 8.26. The first kappa shape index (κ1) is 14.6. The number of rotatable bonds is 4. The maximum atomic E-state index is 10.0. The minimum atomic E-state index is 0. The van der Waals surface area contributed by atoms with E-state index in [1.54, 1.807) is 6.08 Å². The van der Waals surface area contributed by atoms with Crippen molar-refractivity contribution in [3.63, 3.8) is 0 Å². The average molecular weight is 361 g/mol. The molecular formula is C10H18OPb. The fourth-order valence-corrected chi connectivity index (χ4v) is 0.788. The van der Waals surface area contributed by atoms with Crippen molar-refractivity contribution < 1.29 is 4.79 Å². The van der Waals surface area contributed by atoms with Crippen LogP contribution in [0.5, 0.6) is 0 Å². The summed E-state index contributed by atoms with van der Waals surface area (Å²) in [6.07, 6.45) is 6.68. The second-order valence-corrected chi connectivity index (χ2v) is 2.97. The molecule has 0 N–H and O–H groups in total. The van der Waals surface area contributed by atoms with Crippen LogP contribution in [0.1, 0.15) is 33.6 Å². The van der Waals surface area contributed by atoms with Gasteiger partial charge in [0, 0.05) is 0 Å². The molecule has 0 aromatic heterocycles. The topological polar surface area (TPSA) is 17.1 Å². The van der Waals surface area contributed by atoms with E-state index in [1.807, 2.05) is 6.92 Å². The van der Waals surface area contributed by atoms with Gasteiger partial charge in [-0.05, 0) is 39.7 Å². The summed E-state index contributed by atoms with van der Waals surface area (Å²) >= 11 is 0. The van der Waals surface area contributed by atoms with Gasteiger partial charge >= 0.3 is 27.3 Å². The third kappa shape index (κ3) is 10.1. The molecule has 0 atom stereocenters. The Labute approximate surface area is 95.1 Å². The molecule has 0 amide bonds. The van der Waals surface area contributed by atoms with Crippen molar-refractivity contribution in [3.05, 3.63) is 23.3 Å². The summed E-state index contributed by atoms with van der Waals surface area (Å²) < 4.78 is 0. The number of hydrogen-bond donors (Lipinski definition) is 0. The predicted molar refractivity (Wildman–Crippen MR) is 57.0 cm³/mol. The third-order valence-corrected chi connectivity index (χ3v) is 1.44. The van der Waals surface area contributed by atoms with Crippen LogP contribution in [0.15, 0.2) is 23.3 Å². The number of aldehydes is 1. The number of carbonyl (C=O) groups excluding carboxylic acids is 1. The molecule has 0 fully saturated rings. The quantitative estimate of drug-likeness (QED) is 0.324. The molecule has 1 nitrogen and oxygen atoms in total. The van der Waals surface area contributed by atoms with Gasteiger partial charge in [-0.2, -0.15) is 0 Å². The summed E-state index contributed by atoms with van der Waals surface area (Å²) in [5.74, 6) is 0. The zero-order valence-corrected chi connectivity index (χ0v) is 13.8. The van der Waals surface area contributed by atoms with Crippen LogP contribution in [-0.4, -0.2) is 33.6 Å². The first-order valence-electron chi connectivity index (χ1n) is 3.91. The van der Waals surface area contributed by atoms with Crippen LogP contribution < -0.4 is 0 Å². The summed E-state index contributed by atoms with van der Waals surface area (Å²) in [5, 5.41) is 0. The Balaban J connectivity index is 0. The van der Waals surface area contributed by atoms with Crippen LogP contribution in [0.2, 0.25) is 0 Å². The van der Waals surface area contributed by atoms with E-state index in [0.717, 1.165) is 24.7 Å². The van der Waals surface area contributed by atoms with Crippen molar-refractivity contribution in [2.75, 3.05) is 0 Å². The molecular weight excluding hydrogens is 343 g/mol. The molecule has 0 aliphatic carbocycles. The Morgan fingerprint density at radius 1 is 1.25 bits per heavy atom. The number of allylic oxidation sites excluding steroid dienone is 4. The van der Waals surface area contributed by atoms with Gasteiger partial charge in [0.25, 0.3) is 0 Å². The maximum absolute atomic E-state index is 10.0. The second-order valence-electron chi connectivity index (χ2n) is 2.97. The Hall–Kier alpha value is 0.0721. The van der Waals surface area contributed by atoms with Gasteiger partial charge in [-0.3, -0.25) is 4.79 Å². The number of hydrogen-bond acceptors (Lipinski definition) is 1. The molecule has 0 bridgehead atoms. The average Bonchev–Trinajstić information content (AvgIpc) is 1.87. The van der Waals surface area contributed by atoms with E-state index in [2.05, 4.69) is 19.9 Å². The summed E-state index contributed by atoms with van der Waals surface area (Å²) in [4.78, 5) is 10.0. The fourth-order valence-electron chi connectivity index (χ4n) is 0.788. The van der Waals surface area contributed by atoms with Crippen LogP contribution in [0.3, 0.4) is 0 Å². The normalized spacial score (nSPS) is 10.1. The van der Waals surface area contributed by atoms with E-state index >= 15 is 0 Å². The van der Waals surface area contributed by atoms with Crippen LogP contribution in [0, 0.1) is 0 Å². The zero-order chi connectivity index (χ0) is 8.69. The molecule has 2 radical (unpaired) electrons. The van der Waals surface area contributed by atoms with Crippen molar-refractivity contribution in [1.82, 2.24) is 0 Å². The fraction of sp³-hybridized carbons (Fsp3) is 0.500. The molecule has 0 spiro atoms. The predicted octanol–water partition coefficient (Wildman–Crippen LogP) is 1.96. The molecule has 0 aromatic carbocycles. The van der Waals surface area contributed by atoms with Crippen molar-refractivity contribution in [3.8, 4) is 0 Å². The van der Waals surface area contributed by atoms with Crippen LogP contribution >= 0.6 is 0 Å². The Kier molecular flexibility index (Phi) is 11.1. The van der Waals surface area contributed by atoms with Crippen molar-refractivity contribution >= 4 is 33.6 Å². The molecule has 0 unspecified atom stereocenters. The SMILES string of the molecule is CC(C)=CCCC(C)=CC=O.[PbH2]. The van der Waals surface area contributed by atoms with E-state index in [-0.39, 0.29) is 27.3 Å². The summed E-state index contributed by atoms with van der Waals surface area (Å²) in [6, 6.07) is 0. The monoisotopic (exact) mass is 362 g/mol. The van der Waals surface area contributed by atoms with Crippen LogP contribution in [-0.2, 0) is 4.79 Å². The molecule has 0 aromatic rings. The second kappa shape index (κ2) is 9.16. The van der Waals surface area contributed by atoms with Crippen molar-refractivity contribution in [2.24, 2.45) is 0 Å². The van der Waals surface area contributed by atoms with Gasteiger partial charge in [-0.15, -0.1) is 0 Å². The molecule has 0 saturated heterocycles. The molecule has 0 aliphatic rings. The van der Waals surface area contributed by atoms with Gasteiger partial charge in [0.2, 0.25) is 0 Å². The molecule has 68 valence electrons. The van der Waals surface area contributed by atoms with E-state index < -0.39 is 0 Å². The van der Waals surface area contributed by atoms with Crippen molar-refractivity contribution in [1.29, 1.82) is 0 Å². The van der Waals surface area contributed by atoms with Crippen molar-refractivity contribution in [2.45, 2.75) is 33.6 Å². The van der Waals surface area contributed by atoms with Crippen LogP contribution in [0.25, 0.3) is 0 Å². The van der Waals surface area contributed by atoms with Gasteiger partial charge in [0.1, 0.15) is 6.29 Å². The number of carbonyl (C=O) groups is 1. The molecule has 0 aliphatic heterocycles. The molecule has 0 saturated carbocycles.